The highest BCUT2D eigenvalue weighted by Crippen LogP contribution is 2.44. The van der Waals surface area contributed by atoms with Gasteiger partial charge in [0.1, 0.15) is 17.5 Å². The predicted molar refractivity (Wildman–Crippen MR) is 81.4 cm³/mol. The van der Waals surface area contributed by atoms with Crippen molar-refractivity contribution >= 4 is 11.8 Å². The summed E-state index contributed by atoms with van der Waals surface area (Å²) in [5, 5.41) is 0. The average molecular weight is 300 g/mol. The lowest BCUT2D eigenvalue weighted by molar-refractivity contribution is -0.178. The number of ketones is 1. The SMILES string of the molecule is C[C@H](OC(=O)c1ccccc1)[C@]12C=C[C@@H](O1)[C@@H](C)C(=O)[C@H]2C. The van der Waals surface area contributed by atoms with Gasteiger partial charge < -0.3 is 9.47 Å². The van der Waals surface area contributed by atoms with E-state index < -0.39 is 17.7 Å². The molecule has 0 spiro atoms. The molecule has 1 aromatic rings. The first-order valence-corrected chi connectivity index (χ1v) is 7.62. The van der Waals surface area contributed by atoms with E-state index in [0.29, 0.717) is 5.56 Å². The minimum absolute atomic E-state index is 0.154. The summed E-state index contributed by atoms with van der Waals surface area (Å²) in [6.07, 6.45) is 3.06. The second kappa shape index (κ2) is 5.36. The summed E-state index contributed by atoms with van der Waals surface area (Å²) >= 11 is 0. The molecule has 0 saturated carbocycles. The van der Waals surface area contributed by atoms with Gasteiger partial charge in [0.15, 0.2) is 0 Å². The van der Waals surface area contributed by atoms with Gasteiger partial charge in [-0.2, -0.15) is 0 Å². The summed E-state index contributed by atoms with van der Waals surface area (Å²) in [6.45, 7) is 5.51. The van der Waals surface area contributed by atoms with E-state index in [1.54, 1.807) is 31.2 Å². The van der Waals surface area contributed by atoms with Crippen molar-refractivity contribution in [3.05, 3.63) is 48.0 Å². The van der Waals surface area contributed by atoms with Gasteiger partial charge in [-0.1, -0.05) is 38.1 Å². The maximum absolute atomic E-state index is 12.4. The summed E-state index contributed by atoms with van der Waals surface area (Å²) in [7, 11) is 0. The number of fused-ring (bicyclic) bond motifs is 2. The Morgan fingerprint density at radius 3 is 2.64 bits per heavy atom. The topological polar surface area (TPSA) is 52.6 Å². The van der Waals surface area contributed by atoms with Crippen LogP contribution in [0.4, 0.5) is 0 Å². The zero-order chi connectivity index (χ0) is 15.9. The van der Waals surface area contributed by atoms with E-state index in [0.717, 1.165) is 0 Å². The summed E-state index contributed by atoms with van der Waals surface area (Å²) < 4.78 is 11.7. The van der Waals surface area contributed by atoms with E-state index in [1.807, 2.05) is 32.1 Å². The van der Waals surface area contributed by atoms with Crippen molar-refractivity contribution in [3.8, 4) is 0 Å². The van der Waals surface area contributed by atoms with Gasteiger partial charge in [0.25, 0.3) is 0 Å². The smallest absolute Gasteiger partial charge is 0.338 e. The number of rotatable bonds is 3. The van der Waals surface area contributed by atoms with Crippen LogP contribution >= 0.6 is 0 Å². The Kier molecular flexibility index (Phi) is 3.65. The summed E-state index contributed by atoms with van der Waals surface area (Å²) in [5.41, 5.74) is -0.356. The lowest BCUT2D eigenvalue weighted by Crippen LogP contribution is -2.56. The second-order valence-electron chi connectivity index (χ2n) is 6.12. The fraction of sp³-hybridized carbons (Fsp3) is 0.444. The summed E-state index contributed by atoms with van der Waals surface area (Å²) in [6, 6.07) is 8.83. The van der Waals surface area contributed by atoms with E-state index in [9.17, 15) is 9.59 Å². The van der Waals surface area contributed by atoms with E-state index in [4.69, 9.17) is 9.47 Å². The van der Waals surface area contributed by atoms with Crippen LogP contribution < -0.4 is 0 Å². The van der Waals surface area contributed by atoms with Crippen LogP contribution in [0.15, 0.2) is 42.5 Å². The highest BCUT2D eigenvalue weighted by molar-refractivity contribution is 5.90. The number of esters is 1. The van der Waals surface area contributed by atoms with E-state index in [1.165, 1.54) is 0 Å². The zero-order valence-corrected chi connectivity index (χ0v) is 13.0. The van der Waals surface area contributed by atoms with Crippen LogP contribution in [0.1, 0.15) is 31.1 Å². The third-order valence-electron chi connectivity index (χ3n) is 4.86. The lowest BCUT2D eigenvalue weighted by Gasteiger charge is -2.43. The Morgan fingerprint density at radius 1 is 1.27 bits per heavy atom. The fourth-order valence-corrected chi connectivity index (χ4v) is 3.33. The summed E-state index contributed by atoms with van der Waals surface area (Å²) in [4.78, 5) is 24.6. The molecule has 0 radical (unpaired) electrons. The molecule has 1 aromatic carbocycles. The fourth-order valence-electron chi connectivity index (χ4n) is 3.33. The quantitative estimate of drug-likeness (QED) is 0.636. The highest BCUT2D eigenvalue weighted by Gasteiger charge is 2.56. The molecule has 5 atom stereocenters. The number of ether oxygens (including phenoxy) is 2. The number of Topliss-reactive ketones (excluding diaryl/α,β-unsaturated/α-hetero) is 1. The van der Waals surface area contributed by atoms with E-state index in [-0.39, 0.29) is 23.7 Å². The first kappa shape index (κ1) is 15.0. The molecule has 0 aliphatic carbocycles. The van der Waals surface area contributed by atoms with Crippen LogP contribution in [0, 0.1) is 11.8 Å². The van der Waals surface area contributed by atoms with Gasteiger partial charge >= 0.3 is 5.97 Å². The predicted octanol–water partition coefficient (Wildman–Crippen LogP) is 2.78. The van der Waals surface area contributed by atoms with Crippen LogP contribution in [-0.4, -0.2) is 29.6 Å². The van der Waals surface area contributed by atoms with Crippen LogP contribution in [0.25, 0.3) is 0 Å². The number of carbonyl (C=O) groups excluding carboxylic acids is 2. The van der Waals surface area contributed by atoms with Crippen LogP contribution in [-0.2, 0) is 14.3 Å². The number of benzene rings is 1. The van der Waals surface area contributed by atoms with Crippen molar-refractivity contribution in [1.82, 2.24) is 0 Å². The first-order chi connectivity index (χ1) is 10.5. The Labute approximate surface area is 130 Å². The maximum atomic E-state index is 12.4. The average Bonchev–Trinajstić information content (AvgIpc) is 2.96. The molecule has 4 heteroatoms. The van der Waals surface area contributed by atoms with Crippen LogP contribution in [0.5, 0.6) is 0 Å². The minimum Gasteiger partial charge on any atom is -0.456 e. The molecule has 0 N–H and O–H groups in total. The van der Waals surface area contributed by atoms with Crippen LogP contribution in [0.2, 0.25) is 0 Å². The van der Waals surface area contributed by atoms with Gasteiger partial charge in [-0.05, 0) is 25.1 Å². The van der Waals surface area contributed by atoms with Gasteiger partial charge in [-0.3, -0.25) is 4.79 Å². The second-order valence-corrected chi connectivity index (χ2v) is 6.12. The molecule has 1 fully saturated rings. The molecule has 22 heavy (non-hydrogen) atoms. The molecule has 0 aromatic heterocycles. The maximum Gasteiger partial charge on any atom is 0.338 e. The lowest BCUT2D eigenvalue weighted by atomic mass is 9.77. The molecule has 3 rings (SSSR count). The largest absolute Gasteiger partial charge is 0.456 e. The van der Waals surface area contributed by atoms with Crippen molar-refractivity contribution < 1.29 is 19.1 Å². The van der Waals surface area contributed by atoms with E-state index in [2.05, 4.69) is 0 Å². The van der Waals surface area contributed by atoms with Crippen molar-refractivity contribution in [3.63, 3.8) is 0 Å². The molecule has 0 unspecified atom stereocenters. The van der Waals surface area contributed by atoms with E-state index >= 15 is 0 Å². The molecule has 2 bridgehead atoms. The Balaban J connectivity index is 1.80. The van der Waals surface area contributed by atoms with Gasteiger partial charge in [0.05, 0.1) is 17.6 Å². The molecule has 0 amide bonds. The third kappa shape index (κ3) is 2.18. The number of hydrogen-bond donors (Lipinski definition) is 0. The first-order valence-electron chi connectivity index (χ1n) is 7.62. The number of hydrogen-bond acceptors (Lipinski definition) is 4. The molecule has 2 heterocycles. The highest BCUT2D eigenvalue weighted by atomic mass is 16.6. The van der Waals surface area contributed by atoms with Gasteiger partial charge in [-0.25, -0.2) is 4.79 Å². The van der Waals surface area contributed by atoms with Crippen molar-refractivity contribution in [2.45, 2.75) is 38.6 Å². The Bertz CT molecular complexity index is 621. The number of carbonyl (C=O) groups is 2. The molecular weight excluding hydrogens is 280 g/mol. The van der Waals surface area contributed by atoms with Crippen molar-refractivity contribution in [2.75, 3.05) is 0 Å². The molecular formula is C18H20O4. The normalized spacial score (nSPS) is 34.5. The monoisotopic (exact) mass is 300 g/mol. The Hall–Kier alpha value is -1.94. The zero-order valence-electron chi connectivity index (χ0n) is 13.0. The standard InChI is InChI=1S/C18H20O4/c1-11-15-9-10-18(22-15,12(2)16(11)19)13(3)21-17(20)14-7-5-4-6-8-14/h4-13,15H,1-3H3/t11-,12-,13+,15-,18-/m1/s1. The molecule has 116 valence electrons. The summed E-state index contributed by atoms with van der Waals surface area (Å²) in [5.74, 6) is -0.736. The van der Waals surface area contributed by atoms with Crippen molar-refractivity contribution in [1.29, 1.82) is 0 Å². The van der Waals surface area contributed by atoms with Crippen LogP contribution in [0.3, 0.4) is 0 Å². The molecule has 2 aliphatic rings. The van der Waals surface area contributed by atoms with Crippen molar-refractivity contribution in [2.24, 2.45) is 11.8 Å². The van der Waals surface area contributed by atoms with Gasteiger partial charge in [0.2, 0.25) is 0 Å². The Morgan fingerprint density at radius 2 is 1.95 bits per heavy atom. The third-order valence-corrected chi connectivity index (χ3v) is 4.86. The minimum atomic E-state index is -0.849. The molecule has 2 aliphatic heterocycles. The van der Waals surface area contributed by atoms with Gasteiger partial charge in [-0.15, -0.1) is 0 Å². The molecule has 1 saturated heterocycles. The van der Waals surface area contributed by atoms with Gasteiger partial charge in [0, 0.05) is 5.92 Å². The molecule has 4 nitrogen and oxygen atoms in total.